The molecule has 0 unspecified atom stereocenters. The Morgan fingerprint density at radius 2 is 1.76 bits per heavy atom. The highest BCUT2D eigenvalue weighted by Gasteiger charge is 2.08. The van der Waals surface area contributed by atoms with Crippen LogP contribution in [0.25, 0.3) is 0 Å². The number of aryl methyl sites for hydroxylation is 1. The van der Waals surface area contributed by atoms with Crippen molar-refractivity contribution in [2.24, 2.45) is 0 Å². The molecule has 0 fully saturated rings. The molecule has 0 atom stereocenters. The van der Waals surface area contributed by atoms with Gasteiger partial charge in [0.2, 0.25) is 0 Å². The number of amides is 1. The molecule has 0 saturated heterocycles. The molecule has 2 N–H and O–H groups in total. The summed E-state index contributed by atoms with van der Waals surface area (Å²) in [4.78, 5) is 23.2. The second-order valence-electron chi connectivity index (χ2n) is 5.12. The first-order valence-electron chi connectivity index (χ1n) is 7.47. The van der Waals surface area contributed by atoms with E-state index in [0.29, 0.717) is 11.3 Å². The number of para-hydroxylation sites is 1. The Hall–Kier alpha value is -2.93. The summed E-state index contributed by atoms with van der Waals surface area (Å²) in [7, 11) is 1.31. The van der Waals surface area contributed by atoms with E-state index in [2.05, 4.69) is 15.4 Å². The molecule has 0 aliphatic carbocycles. The van der Waals surface area contributed by atoms with Crippen LogP contribution in [0.1, 0.15) is 15.9 Å². The van der Waals surface area contributed by atoms with E-state index in [4.69, 9.17) is 17.0 Å². The maximum atomic E-state index is 11.9. The molecule has 0 heterocycles. The van der Waals surface area contributed by atoms with Gasteiger partial charge in [0.15, 0.2) is 11.7 Å². The standard InChI is InChI=1S/C18H18N2O4S/c1-12-5-3-4-6-15(12)19-18(25)20-16(21)11-24-14-9-7-13(8-10-14)17(22)23-2/h3-10H,11H2,1-2H3,(H2,19,20,21,25). The van der Waals surface area contributed by atoms with E-state index in [-0.39, 0.29) is 17.6 Å². The van der Waals surface area contributed by atoms with Gasteiger partial charge in [0.1, 0.15) is 5.75 Å². The van der Waals surface area contributed by atoms with Crippen molar-refractivity contribution in [3.63, 3.8) is 0 Å². The third-order valence-corrected chi connectivity index (χ3v) is 3.50. The van der Waals surface area contributed by atoms with E-state index in [1.165, 1.54) is 7.11 Å². The van der Waals surface area contributed by atoms with Crippen LogP contribution in [-0.2, 0) is 9.53 Å². The lowest BCUT2D eigenvalue weighted by molar-refractivity contribution is -0.121. The lowest BCUT2D eigenvalue weighted by Crippen LogP contribution is -2.37. The molecule has 6 nitrogen and oxygen atoms in total. The Balaban J connectivity index is 1.81. The molecule has 0 bridgehead atoms. The lowest BCUT2D eigenvalue weighted by atomic mass is 10.2. The Bertz CT molecular complexity index is 775. The molecule has 0 aliphatic heterocycles. The fourth-order valence-electron chi connectivity index (χ4n) is 1.98. The van der Waals surface area contributed by atoms with Crippen LogP contribution in [0.15, 0.2) is 48.5 Å². The summed E-state index contributed by atoms with van der Waals surface area (Å²) in [6, 6.07) is 13.9. The summed E-state index contributed by atoms with van der Waals surface area (Å²) in [5.41, 5.74) is 2.25. The highest BCUT2D eigenvalue weighted by atomic mass is 32.1. The number of nitrogens with one attached hydrogen (secondary N) is 2. The zero-order valence-corrected chi connectivity index (χ0v) is 14.7. The minimum absolute atomic E-state index is 0.198. The average Bonchev–Trinajstić information content (AvgIpc) is 2.61. The molecule has 0 radical (unpaired) electrons. The molecule has 7 heteroatoms. The molecular weight excluding hydrogens is 340 g/mol. The number of carbonyl (C=O) groups is 2. The van der Waals surface area contributed by atoms with Gasteiger partial charge in [0.05, 0.1) is 12.7 Å². The Kier molecular flexibility index (Phi) is 6.47. The van der Waals surface area contributed by atoms with Crippen molar-refractivity contribution >= 4 is 34.9 Å². The molecular formula is C18H18N2O4S. The third kappa shape index (κ3) is 5.58. The molecule has 2 rings (SSSR count). The van der Waals surface area contributed by atoms with Gasteiger partial charge in [0.25, 0.3) is 5.91 Å². The van der Waals surface area contributed by atoms with E-state index in [9.17, 15) is 9.59 Å². The number of rotatable bonds is 5. The van der Waals surface area contributed by atoms with Gasteiger partial charge in [-0.25, -0.2) is 4.79 Å². The average molecular weight is 358 g/mol. The van der Waals surface area contributed by atoms with Crippen LogP contribution in [0, 0.1) is 6.92 Å². The monoisotopic (exact) mass is 358 g/mol. The van der Waals surface area contributed by atoms with Crippen LogP contribution in [-0.4, -0.2) is 30.7 Å². The number of carbonyl (C=O) groups excluding carboxylic acids is 2. The van der Waals surface area contributed by atoms with Crippen molar-refractivity contribution in [3.8, 4) is 5.75 Å². The van der Waals surface area contributed by atoms with Crippen molar-refractivity contribution in [2.45, 2.75) is 6.92 Å². The van der Waals surface area contributed by atoms with Crippen LogP contribution in [0.5, 0.6) is 5.75 Å². The van der Waals surface area contributed by atoms with Gasteiger partial charge in [-0.15, -0.1) is 0 Å². The number of anilines is 1. The SMILES string of the molecule is COC(=O)c1ccc(OCC(=O)NC(=S)Nc2ccccc2C)cc1. The summed E-state index contributed by atoms with van der Waals surface area (Å²) in [5, 5.41) is 5.70. The third-order valence-electron chi connectivity index (χ3n) is 3.29. The Labute approximate surface area is 151 Å². The van der Waals surface area contributed by atoms with E-state index in [0.717, 1.165) is 11.3 Å². The molecule has 130 valence electrons. The topological polar surface area (TPSA) is 76.7 Å². The summed E-state index contributed by atoms with van der Waals surface area (Å²) in [5.74, 6) is -0.361. The van der Waals surface area contributed by atoms with Crippen LogP contribution >= 0.6 is 12.2 Å². The van der Waals surface area contributed by atoms with Crippen LogP contribution in [0.4, 0.5) is 5.69 Å². The van der Waals surface area contributed by atoms with Crippen LogP contribution < -0.4 is 15.4 Å². The van der Waals surface area contributed by atoms with Crippen LogP contribution in [0.2, 0.25) is 0 Å². The van der Waals surface area contributed by atoms with Gasteiger partial charge in [0, 0.05) is 5.69 Å². The minimum Gasteiger partial charge on any atom is -0.484 e. The predicted octanol–water partition coefficient (Wildman–Crippen LogP) is 2.67. The number of hydrogen-bond donors (Lipinski definition) is 2. The molecule has 0 saturated carbocycles. The van der Waals surface area contributed by atoms with E-state index < -0.39 is 5.97 Å². The van der Waals surface area contributed by atoms with Crippen molar-refractivity contribution in [2.75, 3.05) is 19.0 Å². The summed E-state index contributed by atoms with van der Waals surface area (Å²) < 4.78 is 9.97. The van der Waals surface area contributed by atoms with Gasteiger partial charge in [-0.05, 0) is 55.0 Å². The normalized spacial score (nSPS) is 9.84. The summed E-state index contributed by atoms with van der Waals surface area (Å²) >= 11 is 5.11. The fraction of sp³-hybridized carbons (Fsp3) is 0.167. The quantitative estimate of drug-likeness (QED) is 0.632. The molecule has 0 aliphatic rings. The largest absolute Gasteiger partial charge is 0.484 e. The molecule has 2 aromatic carbocycles. The van der Waals surface area contributed by atoms with Crippen molar-refractivity contribution < 1.29 is 19.1 Å². The van der Waals surface area contributed by atoms with E-state index in [1.807, 2.05) is 31.2 Å². The van der Waals surface area contributed by atoms with Gasteiger partial charge in [-0.1, -0.05) is 18.2 Å². The highest BCUT2D eigenvalue weighted by Crippen LogP contribution is 2.13. The lowest BCUT2D eigenvalue weighted by Gasteiger charge is -2.12. The number of thiocarbonyl (C=S) groups is 1. The summed E-state index contributed by atoms with van der Waals surface area (Å²) in [6.45, 7) is 1.74. The van der Waals surface area contributed by atoms with Gasteiger partial charge in [-0.3, -0.25) is 10.1 Å². The number of hydrogen-bond acceptors (Lipinski definition) is 5. The summed E-state index contributed by atoms with van der Waals surface area (Å²) in [6.07, 6.45) is 0. The predicted molar refractivity (Wildman–Crippen MR) is 98.8 cm³/mol. The molecule has 0 spiro atoms. The first-order chi connectivity index (χ1) is 12.0. The van der Waals surface area contributed by atoms with Crippen molar-refractivity contribution in [3.05, 3.63) is 59.7 Å². The number of methoxy groups -OCH3 is 1. The second-order valence-corrected chi connectivity index (χ2v) is 5.53. The zero-order chi connectivity index (χ0) is 18.2. The minimum atomic E-state index is -0.433. The Morgan fingerprint density at radius 3 is 2.40 bits per heavy atom. The van der Waals surface area contributed by atoms with E-state index in [1.54, 1.807) is 24.3 Å². The molecule has 25 heavy (non-hydrogen) atoms. The molecule has 0 aromatic heterocycles. The zero-order valence-electron chi connectivity index (χ0n) is 13.9. The smallest absolute Gasteiger partial charge is 0.337 e. The fourth-order valence-corrected chi connectivity index (χ4v) is 2.21. The number of ether oxygens (including phenoxy) is 2. The maximum absolute atomic E-state index is 11.9. The van der Waals surface area contributed by atoms with E-state index >= 15 is 0 Å². The van der Waals surface area contributed by atoms with Crippen molar-refractivity contribution in [1.29, 1.82) is 0 Å². The Morgan fingerprint density at radius 1 is 1.08 bits per heavy atom. The molecule has 1 amide bonds. The second kappa shape index (κ2) is 8.79. The number of esters is 1. The highest BCUT2D eigenvalue weighted by molar-refractivity contribution is 7.80. The first kappa shape index (κ1) is 18.4. The maximum Gasteiger partial charge on any atom is 0.337 e. The van der Waals surface area contributed by atoms with Crippen LogP contribution in [0.3, 0.4) is 0 Å². The van der Waals surface area contributed by atoms with Gasteiger partial charge in [-0.2, -0.15) is 0 Å². The number of benzene rings is 2. The first-order valence-corrected chi connectivity index (χ1v) is 7.88. The van der Waals surface area contributed by atoms with Gasteiger partial charge < -0.3 is 14.8 Å². The van der Waals surface area contributed by atoms with Crippen molar-refractivity contribution in [1.82, 2.24) is 5.32 Å². The molecule has 2 aromatic rings. The van der Waals surface area contributed by atoms with Gasteiger partial charge >= 0.3 is 5.97 Å².